The van der Waals surface area contributed by atoms with Crippen molar-refractivity contribution < 1.29 is 27.8 Å². The molecular weight excluding hydrogens is 437 g/mol. The Kier molecular flexibility index (Phi) is 7.62. The molecule has 10 heteroatoms. The normalized spacial score (nSPS) is 12.0. The number of ether oxygens (including phenoxy) is 1. The van der Waals surface area contributed by atoms with Crippen LogP contribution in [0.5, 0.6) is 5.75 Å². The van der Waals surface area contributed by atoms with E-state index in [0.29, 0.717) is 12.4 Å². The molecule has 0 saturated carbocycles. The van der Waals surface area contributed by atoms with Gasteiger partial charge in [0.15, 0.2) is 0 Å². The molecule has 0 fully saturated rings. The fraction of sp³-hybridized carbons (Fsp3) is 0.174. The van der Waals surface area contributed by atoms with Crippen molar-refractivity contribution in [2.45, 2.75) is 18.6 Å². The molecule has 0 aliphatic carbocycles. The molecule has 0 saturated heterocycles. The van der Waals surface area contributed by atoms with Crippen LogP contribution in [0, 0.1) is 0 Å². The number of carbonyl (C=O) groups is 1. The first-order chi connectivity index (χ1) is 15.7. The Morgan fingerprint density at radius 2 is 1.79 bits per heavy atom. The Hall–Kier alpha value is -3.92. The third-order valence-electron chi connectivity index (χ3n) is 4.59. The maximum atomic E-state index is 10.6. The number of halogens is 3. The van der Waals surface area contributed by atoms with Crippen molar-refractivity contribution in [1.82, 2.24) is 15.0 Å². The number of aliphatic carboxylic acids is 1. The van der Waals surface area contributed by atoms with Crippen LogP contribution in [0.25, 0.3) is 22.0 Å². The van der Waals surface area contributed by atoms with Crippen LogP contribution in [0.15, 0.2) is 73.4 Å². The number of para-hydroxylation sites is 1. The molecule has 0 aliphatic heterocycles. The SMILES string of the molecule is N[C@H](COc1cncc(-c2ccncc2)c1)Cc1c[nH]c2ccccc12.O=C(O)C(F)(F)F. The third kappa shape index (κ3) is 6.78. The number of alkyl halides is 3. The maximum absolute atomic E-state index is 10.6. The first kappa shape index (κ1) is 23.7. The first-order valence-corrected chi connectivity index (χ1v) is 9.83. The lowest BCUT2D eigenvalue weighted by molar-refractivity contribution is -0.192. The third-order valence-corrected chi connectivity index (χ3v) is 4.59. The Balaban J connectivity index is 0.000000383. The Bertz CT molecular complexity index is 1200. The molecule has 0 spiro atoms. The van der Waals surface area contributed by atoms with Gasteiger partial charge in [-0.1, -0.05) is 18.2 Å². The van der Waals surface area contributed by atoms with Crippen molar-refractivity contribution >= 4 is 16.9 Å². The second kappa shape index (κ2) is 10.6. The fourth-order valence-corrected chi connectivity index (χ4v) is 3.05. The molecule has 0 radical (unpaired) electrons. The van der Waals surface area contributed by atoms with Crippen LogP contribution in [0.2, 0.25) is 0 Å². The van der Waals surface area contributed by atoms with Crippen molar-refractivity contribution in [3.63, 3.8) is 0 Å². The molecule has 4 rings (SSSR count). The van der Waals surface area contributed by atoms with Crippen LogP contribution in [-0.2, 0) is 11.2 Å². The predicted octanol–water partition coefficient (Wildman–Crippen LogP) is 4.21. The zero-order chi connectivity index (χ0) is 23.8. The van der Waals surface area contributed by atoms with Crippen LogP contribution in [0.1, 0.15) is 5.56 Å². The number of aromatic amines is 1. The number of benzene rings is 1. The molecule has 4 N–H and O–H groups in total. The molecule has 3 aromatic heterocycles. The van der Waals surface area contributed by atoms with Gasteiger partial charge in [0.25, 0.3) is 0 Å². The van der Waals surface area contributed by atoms with E-state index in [4.69, 9.17) is 20.4 Å². The van der Waals surface area contributed by atoms with Gasteiger partial charge in [-0.15, -0.1) is 0 Å². The number of H-pyrrole nitrogens is 1. The molecule has 172 valence electrons. The molecule has 1 atom stereocenters. The summed E-state index contributed by atoms with van der Waals surface area (Å²) in [7, 11) is 0. The second-order valence-electron chi connectivity index (χ2n) is 7.08. The average molecular weight is 458 g/mol. The van der Waals surface area contributed by atoms with E-state index in [2.05, 4.69) is 27.1 Å². The molecular formula is C23H21F3N4O3. The van der Waals surface area contributed by atoms with Gasteiger partial charge in [0.05, 0.1) is 6.20 Å². The van der Waals surface area contributed by atoms with E-state index in [1.54, 1.807) is 18.6 Å². The van der Waals surface area contributed by atoms with Gasteiger partial charge in [-0.3, -0.25) is 9.97 Å². The highest BCUT2D eigenvalue weighted by molar-refractivity contribution is 5.83. The minimum absolute atomic E-state index is 0.0983. The van der Waals surface area contributed by atoms with E-state index in [0.717, 1.165) is 23.1 Å². The van der Waals surface area contributed by atoms with Crippen LogP contribution in [-0.4, -0.2) is 44.9 Å². The van der Waals surface area contributed by atoms with E-state index in [9.17, 15) is 13.2 Å². The number of carboxylic acid groups (broad SMARTS) is 1. The summed E-state index contributed by atoms with van der Waals surface area (Å²) in [5, 5.41) is 8.34. The average Bonchev–Trinajstić information content (AvgIpc) is 3.21. The fourth-order valence-electron chi connectivity index (χ4n) is 3.05. The Morgan fingerprint density at radius 3 is 2.48 bits per heavy atom. The number of hydrogen-bond donors (Lipinski definition) is 3. The predicted molar refractivity (Wildman–Crippen MR) is 117 cm³/mol. The molecule has 4 aromatic rings. The largest absolute Gasteiger partial charge is 0.490 e. The summed E-state index contributed by atoms with van der Waals surface area (Å²) in [6, 6.07) is 14.0. The number of fused-ring (bicyclic) bond motifs is 1. The number of rotatable bonds is 6. The van der Waals surface area contributed by atoms with Gasteiger partial charge in [-0.25, -0.2) is 4.79 Å². The molecule has 1 aromatic carbocycles. The molecule has 33 heavy (non-hydrogen) atoms. The van der Waals surface area contributed by atoms with Crippen molar-refractivity contribution in [1.29, 1.82) is 0 Å². The van der Waals surface area contributed by atoms with Crippen molar-refractivity contribution in [2.75, 3.05) is 6.61 Å². The molecule has 7 nitrogen and oxygen atoms in total. The van der Waals surface area contributed by atoms with Crippen LogP contribution in [0.4, 0.5) is 13.2 Å². The van der Waals surface area contributed by atoms with Gasteiger partial charge in [0.2, 0.25) is 0 Å². The number of aromatic nitrogens is 3. The smallest absolute Gasteiger partial charge is 0.490 e. The number of nitrogens with zero attached hydrogens (tertiary/aromatic N) is 2. The quantitative estimate of drug-likeness (QED) is 0.399. The van der Waals surface area contributed by atoms with Gasteiger partial charge in [-0.05, 0) is 41.8 Å². The van der Waals surface area contributed by atoms with E-state index < -0.39 is 12.1 Å². The molecule has 0 bridgehead atoms. The van der Waals surface area contributed by atoms with E-state index in [1.807, 2.05) is 42.7 Å². The minimum atomic E-state index is -5.08. The van der Waals surface area contributed by atoms with Crippen LogP contribution in [0.3, 0.4) is 0 Å². The number of hydrogen-bond acceptors (Lipinski definition) is 5. The zero-order valence-electron chi connectivity index (χ0n) is 17.3. The maximum Gasteiger partial charge on any atom is 0.490 e. The summed E-state index contributed by atoms with van der Waals surface area (Å²) in [5.41, 5.74) is 10.7. The number of nitrogens with two attached hydrogens (primary N) is 1. The lowest BCUT2D eigenvalue weighted by Crippen LogP contribution is -2.30. The summed E-state index contributed by atoms with van der Waals surface area (Å²) in [6.45, 7) is 0.432. The van der Waals surface area contributed by atoms with Crippen molar-refractivity contribution in [3.05, 3.63) is 79.0 Å². The second-order valence-corrected chi connectivity index (χ2v) is 7.08. The van der Waals surface area contributed by atoms with Crippen molar-refractivity contribution in [2.24, 2.45) is 5.73 Å². The standard InChI is InChI=1S/C21H20N4O.C2HF3O2/c22-18(9-17-12-25-21-4-2-1-3-20(17)21)14-26-19-10-16(11-24-13-19)15-5-7-23-8-6-15;3-2(4,5)1(6)7/h1-8,10-13,18,25H,9,14,22H2;(H,6,7)/t18-;/m0./s1. The summed E-state index contributed by atoms with van der Waals surface area (Å²) >= 11 is 0. The molecule has 3 heterocycles. The molecule has 0 unspecified atom stereocenters. The Morgan fingerprint density at radius 1 is 1.09 bits per heavy atom. The van der Waals surface area contributed by atoms with Gasteiger partial charge in [0, 0.05) is 47.3 Å². The van der Waals surface area contributed by atoms with Gasteiger partial charge in [0.1, 0.15) is 12.4 Å². The highest BCUT2D eigenvalue weighted by atomic mass is 19.4. The van der Waals surface area contributed by atoms with E-state index in [1.165, 1.54) is 10.9 Å². The monoisotopic (exact) mass is 458 g/mol. The summed E-state index contributed by atoms with van der Waals surface area (Å²) in [6.07, 6.45) is 4.74. The summed E-state index contributed by atoms with van der Waals surface area (Å²) < 4.78 is 37.6. The van der Waals surface area contributed by atoms with Gasteiger partial charge >= 0.3 is 12.1 Å². The number of nitrogens with one attached hydrogen (secondary N) is 1. The number of pyridine rings is 2. The van der Waals surface area contributed by atoms with E-state index in [-0.39, 0.29) is 6.04 Å². The zero-order valence-corrected chi connectivity index (χ0v) is 17.3. The Labute approximate surface area is 187 Å². The van der Waals surface area contributed by atoms with Crippen LogP contribution >= 0.6 is 0 Å². The minimum Gasteiger partial charge on any atom is -0.490 e. The first-order valence-electron chi connectivity index (χ1n) is 9.83. The topological polar surface area (TPSA) is 114 Å². The molecule has 0 aliphatic rings. The van der Waals surface area contributed by atoms with Crippen molar-refractivity contribution in [3.8, 4) is 16.9 Å². The summed E-state index contributed by atoms with van der Waals surface area (Å²) in [5.74, 6) is -2.04. The lowest BCUT2D eigenvalue weighted by atomic mass is 10.1. The van der Waals surface area contributed by atoms with Gasteiger partial charge < -0.3 is 20.6 Å². The summed E-state index contributed by atoms with van der Waals surface area (Å²) in [4.78, 5) is 20.5. The molecule has 0 amide bonds. The lowest BCUT2D eigenvalue weighted by Gasteiger charge is -2.13. The van der Waals surface area contributed by atoms with E-state index >= 15 is 0 Å². The highest BCUT2D eigenvalue weighted by Crippen LogP contribution is 2.22. The van der Waals surface area contributed by atoms with Crippen LogP contribution < -0.4 is 10.5 Å². The highest BCUT2D eigenvalue weighted by Gasteiger charge is 2.38. The number of carboxylic acids is 1. The van der Waals surface area contributed by atoms with Gasteiger partial charge in [-0.2, -0.15) is 13.2 Å².